The summed E-state index contributed by atoms with van der Waals surface area (Å²) in [5, 5.41) is 11.1. The minimum Gasteiger partial charge on any atom is -0.502 e. The molecule has 1 aromatic heterocycles. The average Bonchev–Trinajstić information content (AvgIpc) is 2.89. The van der Waals surface area contributed by atoms with Crippen molar-refractivity contribution in [3.05, 3.63) is 75.9 Å². The summed E-state index contributed by atoms with van der Waals surface area (Å²) in [6.45, 7) is 2.53. The van der Waals surface area contributed by atoms with Crippen LogP contribution in [0.25, 0.3) is 34.4 Å². The Kier molecular flexibility index (Phi) is 6.96. The van der Waals surface area contributed by atoms with Crippen molar-refractivity contribution in [2.24, 2.45) is 0 Å². The second-order valence-electron chi connectivity index (χ2n) is 7.60. The van der Waals surface area contributed by atoms with Gasteiger partial charge >= 0.3 is 0 Å². The Morgan fingerprint density at radius 3 is 2.23 bits per heavy atom. The van der Waals surface area contributed by atoms with Gasteiger partial charge in [-0.05, 0) is 54.4 Å². The van der Waals surface area contributed by atoms with Crippen LogP contribution in [-0.4, -0.2) is 33.0 Å². The van der Waals surface area contributed by atoms with Gasteiger partial charge in [0.15, 0.2) is 5.76 Å². The van der Waals surface area contributed by atoms with E-state index in [9.17, 15) is 9.90 Å². The van der Waals surface area contributed by atoms with Gasteiger partial charge in [0.2, 0.25) is 11.2 Å². The van der Waals surface area contributed by atoms with Crippen molar-refractivity contribution in [1.82, 2.24) is 0 Å². The van der Waals surface area contributed by atoms with Crippen LogP contribution in [0.2, 0.25) is 0 Å². The van der Waals surface area contributed by atoms with Crippen molar-refractivity contribution in [2.45, 2.75) is 6.92 Å². The molecule has 0 aliphatic rings. The van der Waals surface area contributed by atoms with Crippen molar-refractivity contribution in [3.8, 4) is 40.1 Å². The highest BCUT2D eigenvalue weighted by Crippen LogP contribution is 2.42. The van der Waals surface area contributed by atoms with E-state index >= 15 is 0 Å². The van der Waals surface area contributed by atoms with Gasteiger partial charge in [0.1, 0.15) is 28.6 Å². The van der Waals surface area contributed by atoms with Gasteiger partial charge in [0, 0.05) is 6.07 Å². The molecule has 4 aromatic rings. The quantitative estimate of drug-likeness (QED) is 0.325. The molecule has 0 amide bonds. The Labute approximate surface area is 202 Å². The predicted molar refractivity (Wildman–Crippen MR) is 136 cm³/mol. The van der Waals surface area contributed by atoms with Crippen LogP contribution in [0.5, 0.6) is 28.7 Å². The topological polar surface area (TPSA) is 87.4 Å². The fourth-order valence-electron chi connectivity index (χ4n) is 3.75. The molecular formula is C28H26O7. The first kappa shape index (κ1) is 23.8. The summed E-state index contributed by atoms with van der Waals surface area (Å²) in [5.41, 5.74) is 1.71. The molecule has 0 aliphatic carbocycles. The third-order valence-electron chi connectivity index (χ3n) is 5.51. The van der Waals surface area contributed by atoms with Crippen LogP contribution in [0.15, 0.2) is 63.8 Å². The fourth-order valence-corrected chi connectivity index (χ4v) is 3.75. The van der Waals surface area contributed by atoms with Crippen molar-refractivity contribution in [1.29, 1.82) is 0 Å². The molecule has 1 heterocycles. The highest BCUT2D eigenvalue weighted by molar-refractivity contribution is 5.89. The summed E-state index contributed by atoms with van der Waals surface area (Å²) in [6, 6.07) is 15.9. The van der Waals surface area contributed by atoms with E-state index in [-0.39, 0.29) is 11.1 Å². The van der Waals surface area contributed by atoms with Crippen LogP contribution < -0.4 is 24.4 Å². The van der Waals surface area contributed by atoms with Gasteiger partial charge in [0.25, 0.3) is 0 Å². The molecule has 7 heteroatoms. The maximum atomic E-state index is 13.0. The van der Waals surface area contributed by atoms with Crippen LogP contribution in [0.3, 0.4) is 0 Å². The minimum atomic E-state index is -0.570. The number of hydrogen-bond acceptors (Lipinski definition) is 7. The molecule has 7 nitrogen and oxygen atoms in total. The molecule has 0 spiro atoms. The first-order valence-electron chi connectivity index (χ1n) is 11.0. The summed E-state index contributed by atoms with van der Waals surface area (Å²) < 4.78 is 27.8. The van der Waals surface area contributed by atoms with Gasteiger partial charge in [-0.25, -0.2) is 0 Å². The standard InChI is InChI=1S/C28H26O7/c1-5-34-19-10-7-17(8-11-19)6-9-18-14-21(32-3)16-24(33-4)25(18)28-27(30)26(29)22-15-20(31-2)12-13-23(22)35-28/h6-16,30H,5H2,1-4H3/b9-6+. The SMILES string of the molecule is CCOc1ccc(/C=C/c2cc(OC)cc(OC)c2-c2oc3ccc(OC)cc3c(=O)c2O)cc1. The highest BCUT2D eigenvalue weighted by atomic mass is 16.5. The lowest BCUT2D eigenvalue weighted by atomic mass is 10.00. The normalized spacial score (nSPS) is 11.1. The van der Waals surface area contributed by atoms with E-state index in [1.807, 2.05) is 43.3 Å². The average molecular weight is 475 g/mol. The Morgan fingerprint density at radius 1 is 0.857 bits per heavy atom. The van der Waals surface area contributed by atoms with Gasteiger partial charge in [-0.15, -0.1) is 0 Å². The largest absolute Gasteiger partial charge is 0.502 e. The highest BCUT2D eigenvalue weighted by Gasteiger charge is 2.22. The maximum absolute atomic E-state index is 13.0. The Morgan fingerprint density at radius 2 is 1.57 bits per heavy atom. The van der Waals surface area contributed by atoms with Crippen LogP contribution >= 0.6 is 0 Å². The molecule has 0 aliphatic heterocycles. The molecule has 0 saturated carbocycles. The summed E-state index contributed by atoms with van der Waals surface area (Å²) in [5.74, 6) is 1.67. The number of methoxy groups -OCH3 is 3. The second kappa shape index (κ2) is 10.3. The zero-order valence-electron chi connectivity index (χ0n) is 20.0. The van der Waals surface area contributed by atoms with Crippen molar-refractivity contribution < 1.29 is 28.5 Å². The summed E-state index contributed by atoms with van der Waals surface area (Å²) in [4.78, 5) is 13.0. The zero-order valence-corrected chi connectivity index (χ0v) is 20.0. The lowest BCUT2D eigenvalue weighted by Crippen LogP contribution is -2.04. The van der Waals surface area contributed by atoms with E-state index in [1.165, 1.54) is 20.3 Å². The number of aromatic hydroxyl groups is 1. The lowest BCUT2D eigenvalue weighted by molar-refractivity contribution is 0.340. The molecule has 35 heavy (non-hydrogen) atoms. The molecular weight excluding hydrogens is 448 g/mol. The fraction of sp³-hybridized carbons (Fsp3) is 0.179. The summed E-state index contributed by atoms with van der Waals surface area (Å²) >= 11 is 0. The molecule has 3 aromatic carbocycles. The molecule has 0 radical (unpaired) electrons. The predicted octanol–water partition coefficient (Wildman–Crippen LogP) is 5.76. The molecule has 1 N–H and O–H groups in total. The number of hydrogen-bond donors (Lipinski definition) is 1. The van der Waals surface area contributed by atoms with Crippen molar-refractivity contribution in [2.75, 3.05) is 27.9 Å². The smallest absolute Gasteiger partial charge is 0.235 e. The number of rotatable bonds is 8. The van der Waals surface area contributed by atoms with Gasteiger partial charge in [-0.2, -0.15) is 0 Å². The molecule has 0 unspecified atom stereocenters. The summed E-state index contributed by atoms with van der Waals surface area (Å²) in [7, 11) is 4.55. The van der Waals surface area contributed by atoms with E-state index in [0.717, 1.165) is 11.3 Å². The van der Waals surface area contributed by atoms with E-state index < -0.39 is 11.2 Å². The zero-order chi connectivity index (χ0) is 24.9. The monoisotopic (exact) mass is 474 g/mol. The molecule has 0 saturated heterocycles. The first-order valence-corrected chi connectivity index (χ1v) is 11.0. The third kappa shape index (κ3) is 4.80. The first-order chi connectivity index (χ1) is 17.0. The Bertz CT molecular complexity index is 1430. The number of ether oxygens (including phenoxy) is 4. The molecule has 4 rings (SSSR count). The lowest BCUT2D eigenvalue weighted by Gasteiger charge is -2.15. The van der Waals surface area contributed by atoms with Gasteiger partial charge in [0.05, 0.1) is 38.9 Å². The molecule has 0 atom stereocenters. The van der Waals surface area contributed by atoms with E-state index in [2.05, 4.69) is 0 Å². The maximum Gasteiger partial charge on any atom is 0.235 e. The molecule has 180 valence electrons. The second-order valence-corrected chi connectivity index (χ2v) is 7.60. The Hall–Kier alpha value is -4.39. The third-order valence-corrected chi connectivity index (χ3v) is 5.51. The van der Waals surface area contributed by atoms with E-state index in [0.29, 0.717) is 40.6 Å². The van der Waals surface area contributed by atoms with Crippen molar-refractivity contribution in [3.63, 3.8) is 0 Å². The van der Waals surface area contributed by atoms with Crippen LogP contribution in [0, 0.1) is 0 Å². The minimum absolute atomic E-state index is 0.00138. The summed E-state index contributed by atoms with van der Waals surface area (Å²) in [6.07, 6.45) is 3.74. The van der Waals surface area contributed by atoms with Crippen molar-refractivity contribution >= 4 is 23.1 Å². The van der Waals surface area contributed by atoms with Gasteiger partial charge in [-0.1, -0.05) is 24.3 Å². The number of benzene rings is 3. The van der Waals surface area contributed by atoms with Crippen LogP contribution in [0.1, 0.15) is 18.1 Å². The van der Waals surface area contributed by atoms with Crippen LogP contribution in [-0.2, 0) is 0 Å². The van der Waals surface area contributed by atoms with Crippen LogP contribution in [0.4, 0.5) is 0 Å². The van der Waals surface area contributed by atoms with E-state index in [4.69, 9.17) is 23.4 Å². The van der Waals surface area contributed by atoms with Gasteiger partial charge < -0.3 is 28.5 Å². The number of fused-ring (bicyclic) bond motifs is 1. The van der Waals surface area contributed by atoms with E-state index in [1.54, 1.807) is 31.4 Å². The molecule has 0 fully saturated rings. The van der Waals surface area contributed by atoms with Gasteiger partial charge in [-0.3, -0.25) is 4.79 Å². The molecule has 0 bridgehead atoms. The Balaban J connectivity index is 1.89.